The first kappa shape index (κ1) is 91.2. The van der Waals surface area contributed by atoms with E-state index in [1.54, 1.807) is 129 Å². The van der Waals surface area contributed by atoms with Crippen LogP contribution in [0.25, 0.3) is 33.4 Å². The van der Waals surface area contributed by atoms with Crippen LogP contribution in [0.3, 0.4) is 0 Å². The molecule has 0 bridgehead atoms. The number of rotatable bonds is 13. The van der Waals surface area contributed by atoms with Crippen LogP contribution in [0.4, 0.5) is 34.8 Å². The van der Waals surface area contributed by atoms with Crippen molar-refractivity contribution >= 4 is 92.9 Å². The van der Waals surface area contributed by atoms with Crippen molar-refractivity contribution in [1.82, 2.24) is 49.3 Å². The second kappa shape index (κ2) is 44.4. The first-order valence-electron chi connectivity index (χ1n) is 36.7. The summed E-state index contributed by atoms with van der Waals surface area (Å²) >= 11 is 9.53. The summed E-state index contributed by atoms with van der Waals surface area (Å²) in [6, 6.07) is 8.47. The van der Waals surface area contributed by atoms with Gasteiger partial charge in [0.2, 0.25) is 11.8 Å². The number of hydrogen-bond acceptors (Lipinski definition) is 16. The number of amides is 2. The van der Waals surface area contributed by atoms with Gasteiger partial charge in [0.15, 0.2) is 31.0 Å². The summed E-state index contributed by atoms with van der Waals surface area (Å²) < 4.78 is 154. The molecule has 2 saturated heterocycles. The van der Waals surface area contributed by atoms with Gasteiger partial charge in [-0.05, 0) is 179 Å². The molecule has 2 aliphatic heterocycles. The van der Waals surface area contributed by atoms with E-state index in [1.807, 2.05) is 27.7 Å². The molecule has 6 heterocycles. The van der Waals surface area contributed by atoms with Crippen LogP contribution in [0, 0.1) is 22.3 Å². The van der Waals surface area contributed by atoms with Gasteiger partial charge in [-0.2, -0.15) is 10.2 Å². The minimum Gasteiger partial charge on any atom is -0.474 e. The summed E-state index contributed by atoms with van der Waals surface area (Å²) in [6.07, 6.45) is 47.1. The van der Waals surface area contributed by atoms with Crippen molar-refractivity contribution < 1.29 is 94.8 Å². The molecule has 106 heavy (non-hydrogen) atoms. The molecular weight excluding hydrogens is 1680 g/mol. The third kappa shape index (κ3) is 33.0. The second-order valence-electron chi connectivity index (χ2n) is 26.4. The van der Waals surface area contributed by atoms with E-state index >= 15 is 0 Å². The summed E-state index contributed by atoms with van der Waals surface area (Å²) in [7, 11) is -16.3. The van der Waals surface area contributed by atoms with Crippen molar-refractivity contribution in [3.05, 3.63) is 120 Å². The number of benzene rings is 2. The molecular formula is C73H111Cl2F6IrN10O10P2S2-. The summed E-state index contributed by atoms with van der Waals surface area (Å²) in [5.41, 5.74) is 5.34. The Kier molecular flexibility index (Phi) is 38.2. The van der Waals surface area contributed by atoms with Crippen molar-refractivity contribution in [2.75, 3.05) is 44.0 Å². The van der Waals surface area contributed by atoms with E-state index < -0.39 is 27.5 Å². The fourth-order valence-corrected chi connectivity index (χ4v) is 19.5. The number of halogens is 8. The number of aromatic nitrogens is 8. The van der Waals surface area contributed by atoms with Crippen LogP contribution in [0.15, 0.2) is 108 Å². The molecule has 6 aliphatic rings. The molecule has 33 heteroatoms. The molecule has 4 aliphatic carbocycles. The molecule has 12 rings (SSSR count). The number of fused-ring (bicyclic) bond motifs is 2. The Balaban J connectivity index is 0.000000494. The van der Waals surface area contributed by atoms with E-state index in [-0.39, 0.29) is 120 Å². The average Bonchev–Trinajstić information content (AvgIpc) is 1.60. The van der Waals surface area contributed by atoms with Gasteiger partial charge in [0.25, 0.3) is 0 Å². The van der Waals surface area contributed by atoms with E-state index in [0.717, 1.165) is 6.26 Å². The average molecular weight is 1800 g/mol. The number of alkyl halides is 2. The Hall–Kier alpha value is -5.40. The Labute approximate surface area is 654 Å². The Morgan fingerprint density at radius 1 is 0.547 bits per heavy atom. The Morgan fingerprint density at radius 3 is 1.15 bits per heavy atom. The first-order valence-corrected chi connectivity index (χ1v) is 43.3. The zero-order valence-corrected chi connectivity index (χ0v) is 70.0. The predicted molar refractivity (Wildman–Crippen MR) is 415 cm³/mol. The molecule has 0 unspecified atom stereocenters. The van der Waals surface area contributed by atoms with Crippen LogP contribution in [0.1, 0.15) is 187 Å². The summed E-state index contributed by atoms with van der Waals surface area (Å²) in [5.74, 6) is 0.738. The Bertz CT molecular complexity index is 3920. The van der Waals surface area contributed by atoms with Crippen molar-refractivity contribution in [3.63, 3.8) is 0 Å². The van der Waals surface area contributed by atoms with Gasteiger partial charge >= 0.3 is 45.2 Å². The number of ether oxygens (including phenoxy) is 4. The van der Waals surface area contributed by atoms with Crippen LogP contribution in [0.5, 0.6) is 11.8 Å². The van der Waals surface area contributed by atoms with Gasteiger partial charge in [0.05, 0.1) is 70.8 Å². The third-order valence-electron chi connectivity index (χ3n) is 17.7. The number of carbonyl (C=O) groups excluding carboxylic acids is 2. The maximum Gasteiger partial charge on any atom is 0.410 e. The minimum absolute atomic E-state index is 0. The van der Waals surface area contributed by atoms with Gasteiger partial charge < -0.3 is 43.6 Å². The molecule has 20 nitrogen and oxygen atoms in total. The fraction of sp³-hybridized carbons (Fsp3) is 0.575. The molecule has 2 aromatic carbocycles. The van der Waals surface area contributed by atoms with Crippen LogP contribution in [0.2, 0.25) is 0 Å². The Morgan fingerprint density at radius 2 is 0.849 bits per heavy atom. The van der Waals surface area contributed by atoms with E-state index in [4.69, 9.17) is 46.3 Å². The normalized spacial score (nSPS) is 18.3. The quantitative estimate of drug-likeness (QED) is 0.0344. The standard InChI is InChI=1S/2C21H25N5O5S.C18H33P.C8H12.CH2Cl2.CH4.3CH3.F6P.Ir/c2*1-14(2)30-21(27)25-10-8-16(9-11-25)31-20-18-12-24-26(19(18)22-13-23-20)15-4-6-17(7-5-15)32(3,28)29;1-4-10-16(11-5-1)19(17-12-6-2-7-13-17)18-14-8-3-9-15-18;1-2-4-6-8-7-5-3-1;2-1-3;;;;;1-7(2,3,4,5)6;/h2*4-7,12-14,16H,8-11H2,1-3H3;16-18H,1-15H2;1-2,7-8H,3-6H2;1H2;1H4;3*1H3;;/q;;;;;;2*-1;+1;-1;/p+1/b;;;2-1-,8-7?;;;;;;;/i4T,5T;;;;;1T;;;;;. The first-order chi connectivity index (χ1) is 49.6. The molecule has 6 aromatic rings. The zero-order valence-electron chi connectivity index (χ0n) is 65.6. The van der Waals surface area contributed by atoms with Gasteiger partial charge in [0.1, 0.15) is 35.6 Å². The molecule has 0 atom stereocenters. The number of allylic oxidation sites excluding steroid dienone is 4. The van der Waals surface area contributed by atoms with Crippen LogP contribution < -0.4 is 9.47 Å². The smallest absolute Gasteiger partial charge is 0.410 e. The third-order valence-corrected chi connectivity index (χ3v) is 24.5. The number of carbonyl (C=O) groups is 2. The molecule has 601 valence electrons. The predicted octanol–water partition coefficient (Wildman–Crippen LogP) is 20.9. The molecule has 0 spiro atoms. The minimum atomic E-state index is -10.7. The number of likely N-dealkylation sites (tertiary alicyclic amines) is 2. The van der Waals surface area contributed by atoms with Crippen LogP contribution in [-0.2, 0) is 49.3 Å². The van der Waals surface area contributed by atoms with Crippen LogP contribution in [-0.4, -0.2) is 164 Å². The molecule has 1 radical (unpaired) electrons. The molecule has 4 aromatic heterocycles. The molecule has 3 saturated carbocycles. The van der Waals surface area contributed by atoms with Gasteiger partial charge in [-0.15, -0.1) is 23.2 Å². The van der Waals surface area contributed by atoms with Crippen molar-refractivity contribution in [2.24, 2.45) is 0 Å². The van der Waals surface area contributed by atoms with Crippen molar-refractivity contribution in [3.8, 4) is 23.1 Å². The second-order valence-corrected chi connectivity index (χ2v) is 36.7. The number of piperidine rings is 2. The van der Waals surface area contributed by atoms with Gasteiger partial charge in [-0.25, -0.2) is 55.7 Å². The fourth-order valence-electron chi connectivity index (χ4n) is 13.1. The SMILES string of the molecule is C1=CCC/C=C\CC1.C1CCC([PH+](C2CCCCC2)C2CCCCC2)CC1.CC(C)OC(=O)N1CCC(Oc2ncnc3c2cnn3-c2ccc(S(C)(=O)=O)cc2)CC1.ClCCl.F[P-](F)(F)(F)(F)F.[3H]C.[3H]c1cc(S(C)(=O)=O)cc([3H])c1-n1ncc2c(OC3CCN(C(=O)OC(C)C)CC3)ncnc21.[CH3+].[CH3-].[CH3-].[Ir]. The summed E-state index contributed by atoms with van der Waals surface area (Å²) in [6.45, 7) is 9.38. The maximum atomic E-state index is 12.1. The topological polar surface area (TPSA) is 233 Å². The molecule has 5 fully saturated rings. The van der Waals surface area contributed by atoms with Gasteiger partial charge in [0, 0.05) is 101 Å². The van der Waals surface area contributed by atoms with Crippen LogP contribution >= 0.6 is 38.9 Å². The summed E-state index contributed by atoms with van der Waals surface area (Å²) in [4.78, 5) is 44.7. The van der Waals surface area contributed by atoms with E-state index in [9.17, 15) is 51.6 Å². The van der Waals surface area contributed by atoms with Gasteiger partial charge in [-0.1, -0.05) is 51.0 Å². The number of sulfone groups is 2. The zero-order chi connectivity index (χ0) is 77.2. The maximum absolute atomic E-state index is 12.1. The van der Waals surface area contributed by atoms with Crippen molar-refractivity contribution in [1.29, 1.82) is 0 Å². The number of hydrogen-bond donors (Lipinski definition) is 0. The molecule has 0 N–H and O–H groups in total. The summed E-state index contributed by atoms with van der Waals surface area (Å²) in [5, 5.41) is 10.0. The monoisotopic (exact) mass is 1800 g/mol. The van der Waals surface area contributed by atoms with E-state index in [1.165, 1.54) is 104 Å². The largest absolute Gasteiger partial charge is 0.474 e. The molecule has 2 amide bonds. The van der Waals surface area contributed by atoms with Crippen molar-refractivity contribution in [2.45, 2.75) is 234 Å². The van der Waals surface area contributed by atoms with Gasteiger partial charge in [-0.3, -0.25) is 0 Å². The van der Waals surface area contributed by atoms with E-state index in [2.05, 4.69) is 54.4 Å². The number of nitrogens with zero attached hydrogens (tertiary/aromatic N) is 10. The van der Waals surface area contributed by atoms with E-state index in [0.29, 0.717) is 91.4 Å².